The molecule has 3 aromatic rings. The van der Waals surface area contributed by atoms with Crippen LogP contribution in [0.4, 0.5) is 0 Å². The highest BCUT2D eigenvalue weighted by Crippen LogP contribution is 2.38. The maximum absolute atomic E-state index is 5.44. The number of hydrogen-bond acceptors (Lipinski definition) is 2. The monoisotopic (exact) mass is 332 g/mol. The summed E-state index contributed by atoms with van der Waals surface area (Å²) in [6.45, 7) is 0. The van der Waals surface area contributed by atoms with E-state index in [1.807, 2.05) is 12.1 Å². The summed E-state index contributed by atoms with van der Waals surface area (Å²) < 4.78 is 5.44. The van der Waals surface area contributed by atoms with Crippen LogP contribution in [0.1, 0.15) is 16.0 Å². The Hall–Kier alpha value is -1.32. The van der Waals surface area contributed by atoms with Gasteiger partial charge < -0.3 is 4.74 Å². The van der Waals surface area contributed by atoms with Gasteiger partial charge in [0.15, 0.2) is 0 Å². The average molecular weight is 333 g/mol. The highest BCUT2D eigenvalue weighted by atomic mass is 79.9. The van der Waals surface area contributed by atoms with Crippen molar-refractivity contribution < 1.29 is 4.74 Å². The number of rotatable bonds is 3. The van der Waals surface area contributed by atoms with E-state index in [2.05, 4.69) is 57.0 Å². The molecule has 0 amide bonds. The lowest BCUT2D eigenvalue weighted by Gasteiger charge is -2.14. The number of hydrogen-bond donors (Lipinski definition) is 0. The quantitative estimate of drug-likeness (QED) is 0.584. The third-order valence-corrected chi connectivity index (χ3v) is 4.97. The van der Waals surface area contributed by atoms with Crippen molar-refractivity contribution in [1.82, 2.24) is 0 Å². The Morgan fingerprint density at radius 2 is 1.84 bits per heavy atom. The number of methoxy groups -OCH3 is 1. The first-order valence-corrected chi connectivity index (χ1v) is 7.89. The molecule has 2 aromatic carbocycles. The van der Waals surface area contributed by atoms with Gasteiger partial charge in [0, 0.05) is 5.39 Å². The molecule has 1 heterocycles. The molecule has 0 saturated carbocycles. The predicted molar refractivity (Wildman–Crippen MR) is 85.6 cm³/mol. The summed E-state index contributed by atoms with van der Waals surface area (Å²) in [5.74, 6) is 0.921. The van der Waals surface area contributed by atoms with Gasteiger partial charge >= 0.3 is 0 Å². The van der Waals surface area contributed by atoms with E-state index in [0.717, 1.165) is 11.1 Å². The van der Waals surface area contributed by atoms with Gasteiger partial charge in [-0.25, -0.2) is 0 Å². The van der Waals surface area contributed by atoms with Crippen LogP contribution in [0.25, 0.3) is 10.8 Å². The van der Waals surface area contributed by atoms with Crippen LogP contribution in [-0.2, 0) is 0 Å². The molecule has 0 spiro atoms. The summed E-state index contributed by atoms with van der Waals surface area (Å²) in [5.41, 5.74) is 2.56. The van der Waals surface area contributed by atoms with Crippen LogP contribution in [0.5, 0.6) is 5.75 Å². The molecule has 3 heteroatoms. The fourth-order valence-corrected chi connectivity index (χ4v) is 3.84. The van der Waals surface area contributed by atoms with Gasteiger partial charge in [0.05, 0.1) is 11.9 Å². The van der Waals surface area contributed by atoms with E-state index in [0.29, 0.717) is 0 Å². The normalized spacial score (nSPS) is 12.5. The molecule has 1 atom stereocenters. The summed E-state index contributed by atoms with van der Waals surface area (Å²) >= 11 is 5.53. The molecule has 19 heavy (non-hydrogen) atoms. The van der Waals surface area contributed by atoms with Crippen LogP contribution in [0.2, 0.25) is 0 Å². The van der Waals surface area contributed by atoms with Crippen molar-refractivity contribution in [2.75, 3.05) is 7.11 Å². The molecule has 96 valence electrons. The average Bonchev–Trinajstić information content (AvgIpc) is 2.99. The third-order valence-electron chi connectivity index (χ3n) is 3.25. The van der Waals surface area contributed by atoms with Crippen molar-refractivity contribution in [1.29, 1.82) is 0 Å². The van der Waals surface area contributed by atoms with E-state index in [4.69, 9.17) is 4.74 Å². The number of benzene rings is 2. The molecule has 0 N–H and O–H groups in total. The summed E-state index contributed by atoms with van der Waals surface area (Å²) in [5, 5.41) is 6.67. The smallest absolute Gasteiger partial charge is 0.126 e. The Kier molecular flexibility index (Phi) is 3.58. The van der Waals surface area contributed by atoms with Crippen molar-refractivity contribution in [2.45, 2.75) is 4.83 Å². The zero-order valence-corrected chi connectivity index (χ0v) is 12.9. The van der Waals surface area contributed by atoms with Crippen molar-refractivity contribution in [2.24, 2.45) is 0 Å². The van der Waals surface area contributed by atoms with E-state index in [9.17, 15) is 0 Å². The van der Waals surface area contributed by atoms with Crippen LogP contribution in [0.3, 0.4) is 0 Å². The topological polar surface area (TPSA) is 9.23 Å². The molecule has 0 aliphatic heterocycles. The fourth-order valence-electron chi connectivity index (χ4n) is 2.29. The molecule has 1 aromatic heterocycles. The SMILES string of the molecule is COc1ccc(C(Br)c2ccsc2)c2ccccc12. The molecule has 0 aliphatic carbocycles. The second-order valence-corrected chi connectivity index (χ2v) is 6.02. The molecule has 0 saturated heterocycles. The van der Waals surface area contributed by atoms with Gasteiger partial charge in [0.1, 0.15) is 5.75 Å². The van der Waals surface area contributed by atoms with Crippen LogP contribution < -0.4 is 4.74 Å². The minimum Gasteiger partial charge on any atom is -0.496 e. The molecule has 1 nitrogen and oxygen atoms in total. The van der Waals surface area contributed by atoms with Crippen LogP contribution in [0, 0.1) is 0 Å². The minimum atomic E-state index is 0.217. The van der Waals surface area contributed by atoms with E-state index < -0.39 is 0 Å². The maximum Gasteiger partial charge on any atom is 0.126 e. The Bertz CT molecular complexity index is 691. The molecule has 1 unspecified atom stereocenters. The van der Waals surface area contributed by atoms with Gasteiger partial charge in [-0.2, -0.15) is 11.3 Å². The van der Waals surface area contributed by atoms with Crippen LogP contribution in [-0.4, -0.2) is 7.11 Å². The summed E-state index contributed by atoms with van der Waals surface area (Å²) in [4.78, 5) is 0.217. The summed E-state index contributed by atoms with van der Waals surface area (Å²) in [6, 6.07) is 14.7. The first kappa shape index (κ1) is 12.7. The largest absolute Gasteiger partial charge is 0.496 e. The standard InChI is InChI=1S/C16H13BrOS/c1-18-15-7-6-14(12-4-2-3-5-13(12)15)16(17)11-8-9-19-10-11/h2-10,16H,1H3. The van der Waals surface area contributed by atoms with E-state index >= 15 is 0 Å². The van der Waals surface area contributed by atoms with Gasteiger partial charge in [-0.05, 0) is 39.4 Å². The Morgan fingerprint density at radius 1 is 1.05 bits per heavy atom. The molecule has 0 bridgehead atoms. The van der Waals surface area contributed by atoms with Crippen molar-refractivity contribution in [3.05, 3.63) is 64.4 Å². The molecule has 3 rings (SSSR count). The van der Waals surface area contributed by atoms with Crippen LogP contribution in [0.15, 0.2) is 53.2 Å². The molecular formula is C16H13BrOS. The van der Waals surface area contributed by atoms with Gasteiger partial charge in [0.25, 0.3) is 0 Å². The molecule has 0 fully saturated rings. The first-order chi connectivity index (χ1) is 9.31. The second-order valence-electron chi connectivity index (χ2n) is 4.32. The van der Waals surface area contributed by atoms with Gasteiger partial charge in [-0.15, -0.1) is 0 Å². The zero-order chi connectivity index (χ0) is 13.2. The van der Waals surface area contributed by atoms with Crippen molar-refractivity contribution >= 4 is 38.0 Å². The second kappa shape index (κ2) is 5.35. The number of halogens is 1. The number of fused-ring (bicyclic) bond motifs is 1. The highest BCUT2D eigenvalue weighted by molar-refractivity contribution is 9.09. The lowest BCUT2D eigenvalue weighted by Crippen LogP contribution is -1.94. The number of thiophene rings is 1. The number of ether oxygens (including phenoxy) is 1. The fraction of sp³-hybridized carbons (Fsp3) is 0.125. The molecular weight excluding hydrogens is 320 g/mol. The van der Waals surface area contributed by atoms with Gasteiger partial charge in [-0.1, -0.05) is 46.3 Å². The Balaban J connectivity index is 2.20. The van der Waals surface area contributed by atoms with E-state index in [1.54, 1.807) is 18.4 Å². The number of alkyl halides is 1. The minimum absolute atomic E-state index is 0.217. The first-order valence-electron chi connectivity index (χ1n) is 6.03. The highest BCUT2D eigenvalue weighted by Gasteiger charge is 2.15. The summed E-state index contributed by atoms with van der Waals surface area (Å²) in [6.07, 6.45) is 0. The van der Waals surface area contributed by atoms with Crippen LogP contribution >= 0.6 is 27.3 Å². The Labute approximate surface area is 125 Å². The van der Waals surface area contributed by atoms with Crippen molar-refractivity contribution in [3.8, 4) is 5.75 Å². The van der Waals surface area contributed by atoms with Crippen molar-refractivity contribution in [3.63, 3.8) is 0 Å². The Morgan fingerprint density at radius 3 is 2.53 bits per heavy atom. The van der Waals surface area contributed by atoms with Gasteiger partial charge in [0.2, 0.25) is 0 Å². The third kappa shape index (κ3) is 2.28. The molecule has 0 radical (unpaired) electrons. The lowest BCUT2D eigenvalue weighted by molar-refractivity contribution is 0.419. The predicted octanol–water partition coefficient (Wildman–Crippen LogP) is 5.39. The lowest BCUT2D eigenvalue weighted by atomic mass is 9.99. The van der Waals surface area contributed by atoms with Gasteiger partial charge in [-0.3, -0.25) is 0 Å². The summed E-state index contributed by atoms with van der Waals surface area (Å²) in [7, 11) is 1.71. The molecule has 0 aliphatic rings. The zero-order valence-electron chi connectivity index (χ0n) is 10.5. The van der Waals surface area contributed by atoms with E-state index in [-0.39, 0.29) is 4.83 Å². The maximum atomic E-state index is 5.44. The van der Waals surface area contributed by atoms with E-state index in [1.165, 1.54) is 16.5 Å².